The maximum Gasteiger partial charge on any atom is 0.352 e. The van der Waals surface area contributed by atoms with Gasteiger partial charge < -0.3 is 9.67 Å². The van der Waals surface area contributed by atoms with Gasteiger partial charge in [-0.15, -0.1) is 0 Å². The number of carboxylic acid groups (broad SMARTS) is 1. The van der Waals surface area contributed by atoms with E-state index in [1.54, 1.807) is 0 Å². The van der Waals surface area contributed by atoms with E-state index in [9.17, 15) is 21.6 Å². The van der Waals surface area contributed by atoms with E-state index in [-0.39, 0.29) is 22.9 Å². The number of carbonyl (C=O) groups is 1. The zero-order valence-electron chi connectivity index (χ0n) is 10.3. The fourth-order valence-corrected chi connectivity index (χ4v) is 3.04. The highest BCUT2D eigenvalue weighted by atomic mass is 32.2. The SMILES string of the molecule is Cn1cc(S(=O)(=O)NCCS(C)(=O)=O)cc1C(=O)O. The smallest absolute Gasteiger partial charge is 0.352 e. The molecule has 0 saturated carbocycles. The van der Waals surface area contributed by atoms with Gasteiger partial charge in [-0.3, -0.25) is 0 Å². The Labute approximate surface area is 111 Å². The van der Waals surface area contributed by atoms with Crippen molar-refractivity contribution in [2.24, 2.45) is 7.05 Å². The number of sulfonamides is 1. The number of hydrogen-bond acceptors (Lipinski definition) is 5. The van der Waals surface area contributed by atoms with Crippen LogP contribution in [0.5, 0.6) is 0 Å². The average Bonchev–Trinajstić information content (AvgIpc) is 2.58. The summed E-state index contributed by atoms with van der Waals surface area (Å²) in [7, 11) is -5.79. The van der Waals surface area contributed by atoms with E-state index in [0.29, 0.717) is 0 Å². The molecule has 0 aliphatic heterocycles. The van der Waals surface area contributed by atoms with Crippen molar-refractivity contribution >= 4 is 25.8 Å². The minimum Gasteiger partial charge on any atom is -0.477 e. The quantitative estimate of drug-likeness (QED) is 0.698. The Bertz CT molecular complexity index is 686. The second-order valence-corrected chi connectivity index (χ2v) is 8.03. The van der Waals surface area contributed by atoms with Crippen molar-refractivity contribution in [3.05, 3.63) is 18.0 Å². The normalized spacial score (nSPS) is 12.5. The van der Waals surface area contributed by atoms with Crippen molar-refractivity contribution in [2.75, 3.05) is 18.6 Å². The van der Waals surface area contributed by atoms with Gasteiger partial charge in [0.2, 0.25) is 10.0 Å². The van der Waals surface area contributed by atoms with Gasteiger partial charge in [0.1, 0.15) is 20.4 Å². The number of aryl methyl sites for hydroxylation is 1. The lowest BCUT2D eigenvalue weighted by atomic mass is 10.4. The van der Waals surface area contributed by atoms with Crippen LogP contribution in [-0.4, -0.2) is 51.0 Å². The highest BCUT2D eigenvalue weighted by Gasteiger charge is 2.20. The van der Waals surface area contributed by atoms with Crippen LogP contribution in [0.3, 0.4) is 0 Å². The van der Waals surface area contributed by atoms with E-state index < -0.39 is 25.8 Å². The summed E-state index contributed by atoms with van der Waals surface area (Å²) in [5, 5.41) is 8.81. The number of aromatic nitrogens is 1. The zero-order valence-corrected chi connectivity index (χ0v) is 12.0. The van der Waals surface area contributed by atoms with Gasteiger partial charge in [0.05, 0.1) is 5.75 Å². The van der Waals surface area contributed by atoms with Crippen LogP contribution in [0.4, 0.5) is 0 Å². The lowest BCUT2D eigenvalue weighted by Gasteiger charge is -2.03. The fourth-order valence-electron chi connectivity index (χ4n) is 1.34. The van der Waals surface area contributed by atoms with Crippen LogP contribution in [0.1, 0.15) is 10.5 Å². The molecule has 10 heteroatoms. The van der Waals surface area contributed by atoms with Crippen molar-refractivity contribution in [2.45, 2.75) is 4.90 Å². The first-order valence-electron chi connectivity index (χ1n) is 5.10. The Kier molecular flexibility index (Phi) is 4.38. The maximum atomic E-state index is 11.8. The standard InChI is InChI=1S/C9H14N2O6S2/c1-11-6-7(5-8(11)9(12)13)19(16,17)10-3-4-18(2,14)15/h5-6,10H,3-4H2,1-2H3,(H,12,13). The van der Waals surface area contributed by atoms with Crippen molar-refractivity contribution in [1.82, 2.24) is 9.29 Å². The number of nitrogens with one attached hydrogen (secondary N) is 1. The second kappa shape index (κ2) is 5.31. The molecule has 2 N–H and O–H groups in total. The molecular formula is C9H14N2O6S2. The Morgan fingerprint density at radius 1 is 1.37 bits per heavy atom. The van der Waals surface area contributed by atoms with Crippen LogP contribution in [0.25, 0.3) is 0 Å². The summed E-state index contributed by atoms with van der Waals surface area (Å²) in [6.07, 6.45) is 2.14. The van der Waals surface area contributed by atoms with Crippen molar-refractivity contribution < 1.29 is 26.7 Å². The predicted octanol–water partition coefficient (Wildman–Crippen LogP) is -0.954. The maximum absolute atomic E-state index is 11.8. The lowest BCUT2D eigenvalue weighted by Crippen LogP contribution is -2.28. The topological polar surface area (TPSA) is 123 Å². The number of carboxylic acids is 1. The third-order valence-corrected chi connectivity index (χ3v) is 4.65. The molecule has 0 atom stereocenters. The highest BCUT2D eigenvalue weighted by Crippen LogP contribution is 2.13. The van der Waals surface area contributed by atoms with Gasteiger partial charge in [-0.05, 0) is 6.07 Å². The molecule has 8 nitrogen and oxygen atoms in total. The summed E-state index contributed by atoms with van der Waals surface area (Å²) in [6.45, 7) is -0.265. The third-order valence-electron chi connectivity index (χ3n) is 2.27. The van der Waals surface area contributed by atoms with Crippen molar-refractivity contribution in [1.29, 1.82) is 0 Å². The predicted molar refractivity (Wildman–Crippen MR) is 67.3 cm³/mol. The summed E-state index contributed by atoms with van der Waals surface area (Å²) in [4.78, 5) is 10.6. The first-order chi connectivity index (χ1) is 8.53. The van der Waals surface area contributed by atoms with Crippen LogP contribution in [0.2, 0.25) is 0 Å². The molecule has 0 aliphatic carbocycles. The summed E-state index contributed by atoms with van der Waals surface area (Å²) in [5.74, 6) is -1.58. The second-order valence-electron chi connectivity index (χ2n) is 4.00. The monoisotopic (exact) mass is 310 g/mol. The third kappa shape index (κ3) is 4.33. The molecule has 0 aliphatic rings. The molecule has 0 unspecified atom stereocenters. The van der Waals surface area contributed by atoms with Gasteiger partial charge in [0, 0.05) is 26.0 Å². The Hall–Kier alpha value is -1.39. The number of hydrogen-bond donors (Lipinski definition) is 2. The molecule has 1 heterocycles. The van der Waals surface area contributed by atoms with Crippen LogP contribution in [-0.2, 0) is 26.9 Å². The molecule has 1 aromatic heterocycles. The van der Waals surface area contributed by atoms with E-state index >= 15 is 0 Å². The number of rotatable bonds is 6. The summed E-state index contributed by atoms with van der Waals surface area (Å²) >= 11 is 0. The molecule has 0 fully saturated rings. The van der Waals surface area contributed by atoms with E-state index in [0.717, 1.165) is 23.1 Å². The molecule has 0 radical (unpaired) electrons. The number of nitrogens with zero attached hydrogens (tertiary/aromatic N) is 1. The van der Waals surface area contributed by atoms with Crippen LogP contribution in [0.15, 0.2) is 17.2 Å². The molecule has 1 rings (SSSR count). The van der Waals surface area contributed by atoms with Gasteiger partial charge in [-0.25, -0.2) is 26.4 Å². The largest absolute Gasteiger partial charge is 0.477 e. The highest BCUT2D eigenvalue weighted by molar-refractivity contribution is 7.91. The molecule has 0 bridgehead atoms. The first kappa shape index (κ1) is 15.7. The lowest BCUT2D eigenvalue weighted by molar-refractivity contribution is 0.0686. The number of sulfone groups is 1. The Morgan fingerprint density at radius 2 is 1.95 bits per heavy atom. The van der Waals surface area contributed by atoms with Crippen LogP contribution in [0, 0.1) is 0 Å². The van der Waals surface area contributed by atoms with E-state index in [2.05, 4.69) is 4.72 Å². The molecule has 1 aromatic rings. The molecular weight excluding hydrogens is 296 g/mol. The molecule has 0 aromatic carbocycles. The Morgan fingerprint density at radius 3 is 2.37 bits per heavy atom. The molecule has 108 valence electrons. The van der Waals surface area contributed by atoms with Gasteiger partial charge >= 0.3 is 5.97 Å². The molecule has 19 heavy (non-hydrogen) atoms. The first-order valence-corrected chi connectivity index (χ1v) is 8.64. The van der Waals surface area contributed by atoms with Gasteiger partial charge in [-0.2, -0.15) is 0 Å². The van der Waals surface area contributed by atoms with E-state index in [1.807, 2.05) is 0 Å². The van der Waals surface area contributed by atoms with E-state index in [4.69, 9.17) is 5.11 Å². The molecule has 0 saturated heterocycles. The van der Waals surface area contributed by atoms with Crippen molar-refractivity contribution in [3.63, 3.8) is 0 Å². The van der Waals surface area contributed by atoms with E-state index in [1.165, 1.54) is 7.05 Å². The summed E-state index contributed by atoms with van der Waals surface area (Å²) < 4.78 is 48.6. The zero-order chi connectivity index (χ0) is 14.8. The van der Waals surface area contributed by atoms with Gasteiger partial charge in [0.25, 0.3) is 0 Å². The fraction of sp³-hybridized carbons (Fsp3) is 0.444. The summed E-state index contributed by atoms with van der Waals surface area (Å²) in [6, 6.07) is 1.01. The molecule has 0 spiro atoms. The van der Waals surface area contributed by atoms with Crippen LogP contribution >= 0.6 is 0 Å². The number of aromatic carboxylic acids is 1. The molecule has 0 amide bonds. The summed E-state index contributed by atoms with van der Waals surface area (Å²) in [5.41, 5.74) is -0.177. The van der Waals surface area contributed by atoms with Crippen molar-refractivity contribution in [3.8, 4) is 0 Å². The minimum absolute atomic E-state index is 0.177. The minimum atomic E-state index is -3.92. The average molecular weight is 310 g/mol. The Balaban J connectivity index is 2.89. The van der Waals surface area contributed by atoms with Gasteiger partial charge in [-0.1, -0.05) is 0 Å². The van der Waals surface area contributed by atoms with Gasteiger partial charge in [0.15, 0.2) is 0 Å². The van der Waals surface area contributed by atoms with Crippen LogP contribution < -0.4 is 4.72 Å².